The van der Waals surface area contributed by atoms with Crippen LogP contribution in [0.4, 0.5) is 5.69 Å². The summed E-state index contributed by atoms with van der Waals surface area (Å²) in [6, 6.07) is 14.0. The fourth-order valence-electron chi connectivity index (χ4n) is 3.62. The predicted molar refractivity (Wildman–Crippen MR) is 107 cm³/mol. The van der Waals surface area contributed by atoms with Crippen LogP contribution in [0.25, 0.3) is 10.9 Å². The second-order valence-corrected chi connectivity index (χ2v) is 7.04. The Labute approximate surface area is 157 Å². The molecule has 5 heteroatoms. The molecule has 0 radical (unpaired) electrons. The third-order valence-electron chi connectivity index (χ3n) is 5.29. The summed E-state index contributed by atoms with van der Waals surface area (Å²) in [6.07, 6.45) is 2.20. The number of nitrogens with zero attached hydrogens (tertiary/aromatic N) is 2. The highest BCUT2D eigenvalue weighted by molar-refractivity contribution is 6.08. The number of para-hydroxylation sites is 1. The summed E-state index contributed by atoms with van der Waals surface area (Å²) in [6.45, 7) is 2.56. The van der Waals surface area contributed by atoms with Crippen molar-refractivity contribution in [1.82, 2.24) is 4.57 Å². The number of hydrogen-bond acceptors (Lipinski definition) is 3. The summed E-state index contributed by atoms with van der Waals surface area (Å²) in [5.74, 6) is 0.124. The maximum atomic E-state index is 12.8. The normalized spacial score (nSPS) is 13.7. The Morgan fingerprint density at radius 3 is 2.59 bits per heavy atom. The molecule has 0 unspecified atom stereocenters. The smallest absolute Gasteiger partial charge is 0.261 e. The van der Waals surface area contributed by atoms with E-state index in [-0.39, 0.29) is 22.8 Å². The van der Waals surface area contributed by atoms with Crippen LogP contribution in [0.5, 0.6) is 5.75 Å². The summed E-state index contributed by atoms with van der Waals surface area (Å²) >= 11 is 0. The highest BCUT2D eigenvalue weighted by Crippen LogP contribution is 2.43. The molecule has 1 heterocycles. The van der Waals surface area contributed by atoms with E-state index in [1.807, 2.05) is 25.1 Å². The van der Waals surface area contributed by atoms with Crippen LogP contribution in [-0.2, 0) is 6.54 Å². The fourth-order valence-corrected chi connectivity index (χ4v) is 3.62. The van der Waals surface area contributed by atoms with Crippen molar-refractivity contribution in [2.24, 2.45) is 0 Å². The second-order valence-electron chi connectivity index (χ2n) is 7.04. The number of carbonyl (C=O) groups is 1. The quantitative estimate of drug-likeness (QED) is 0.766. The van der Waals surface area contributed by atoms with Crippen molar-refractivity contribution in [2.45, 2.75) is 32.2 Å². The lowest BCUT2D eigenvalue weighted by Gasteiger charge is -2.20. The summed E-state index contributed by atoms with van der Waals surface area (Å²) in [4.78, 5) is 26.8. The van der Waals surface area contributed by atoms with Gasteiger partial charge in [-0.2, -0.15) is 0 Å². The van der Waals surface area contributed by atoms with E-state index in [1.54, 1.807) is 35.9 Å². The van der Waals surface area contributed by atoms with E-state index in [9.17, 15) is 14.7 Å². The molecule has 0 spiro atoms. The lowest BCUT2D eigenvalue weighted by atomic mass is 10.0. The monoisotopic (exact) mass is 362 g/mol. The van der Waals surface area contributed by atoms with Crippen LogP contribution in [0.2, 0.25) is 0 Å². The van der Waals surface area contributed by atoms with Crippen molar-refractivity contribution >= 4 is 22.5 Å². The highest BCUT2D eigenvalue weighted by Gasteiger charge is 2.27. The lowest BCUT2D eigenvalue weighted by Crippen LogP contribution is -2.26. The van der Waals surface area contributed by atoms with Crippen molar-refractivity contribution in [1.29, 1.82) is 0 Å². The Bertz CT molecular complexity index is 1100. The van der Waals surface area contributed by atoms with Gasteiger partial charge >= 0.3 is 0 Å². The summed E-state index contributed by atoms with van der Waals surface area (Å²) in [5, 5.41) is 11.0. The molecule has 2 aromatic carbocycles. The van der Waals surface area contributed by atoms with Gasteiger partial charge in [0.05, 0.1) is 11.1 Å². The number of rotatable bonds is 4. The van der Waals surface area contributed by atoms with Gasteiger partial charge in [0, 0.05) is 30.7 Å². The van der Waals surface area contributed by atoms with E-state index in [0.717, 1.165) is 35.0 Å². The summed E-state index contributed by atoms with van der Waals surface area (Å²) < 4.78 is 1.76. The lowest BCUT2D eigenvalue weighted by molar-refractivity contribution is 0.0990. The number of hydrogen-bond donors (Lipinski definition) is 1. The van der Waals surface area contributed by atoms with E-state index < -0.39 is 0 Å². The van der Waals surface area contributed by atoms with Crippen molar-refractivity contribution < 1.29 is 9.90 Å². The van der Waals surface area contributed by atoms with Gasteiger partial charge < -0.3 is 14.6 Å². The molecule has 1 amide bonds. The topological polar surface area (TPSA) is 62.5 Å². The van der Waals surface area contributed by atoms with Crippen molar-refractivity contribution in [2.75, 3.05) is 11.9 Å². The SMILES string of the molecule is CCn1c(=O)cc(C2CC2)c2cc(N(C)C(=O)c3ccccc3O)ccc21. The van der Waals surface area contributed by atoms with Gasteiger partial charge in [0.1, 0.15) is 5.75 Å². The third kappa shape index (κ3) is 2.99. The molecule has 1 aliphatic carbocycles. The number of pyridine rings is 1. The number of aromatic nitrogens is 1. The molecular weight excluding hydrogens is 340 g/mol. The molecule has 3 aromatic rings. The van der Waals surface area contributed by atoms with Crippen LogP contribution in [0, 0.1) is 0 Å². The number of phenols is 1. The minimum atomic E-state index is -0.274. The molecule has 0 aliphatic heterocycles. The first-order valence-electron chi connectivity index (χ1n) is 9.24. The molecule has 1 aromatic heterocycles. The Kier molecular flexibility index (Phi) is 4.22. The molecular formula is C22H22N2O3. The molecule has 0 atom stereocenters. The molecule has 1 fully saturated rings. The van der Waals surface area contributed by atoms with Gasteiger partial charge in [0.15, 0.2) is 0 Å². The van der Waals surface area contributed by atoms with Crippen molar-refractivity contribution in [3.63, 3.8) is 0 Å². The molecule has 1 saturated carbocycles. The minimum Gasteiger partial charge on any atom is -0.507 e. The van der Waals surface area contributed by atoms with Gasteiger partial charge in [-0.05, 0) is 61.6 Å². The van der Waals surface area contributed by atoms with Gasteiger partial charge in [-0.3, -0.25) is 9.59 Å². The first-order chi connectivity index (χ1) is 13.0. The minimum absolute atomic E-state index is 0.0262. The second kappa shape index (κ2) is 6.58. The van der Waals surface area contributed by atoms with Gasteiger partial charge in [-0.25, -0.2) is 0 Å². The van der Waals surface area contributed by atoms with Crippen LogP contribution in [0.1, 0.15) is 41.6 Å². The zero-order valence-corrected chi connectivity index (χ0v) is 15.5. The first-order valence-corrected chi connectivity index (χ1v) is 9.24. The van der Waals surface area contributed by atoms with Crippen LogP contribution in [-0.4, -0.2) is 22.6 Å². The number of amides is 1. The van der Waals surface area contributed by atoms with Crippen LogP contribution in [0.3, 0.4) is 0 Å². The average molecular weight is 362 g/mol. The van der Waals surface area contributed by atoms with Gasteiger partial charge in [-0.1, -0.05) is 12.1 Å². The number of fused-ring (bicyclic) bond motifs is 1. The average Bonchev–Trinajstić information content (AvgIpc) is 3.51. The molecule has 0 bridgehead atoms. The molecule has 27 heavy (non-hydrogen) atoms. The molecule has 1 aliphatic rings. The van der Waals surface area contributed by atoms with Gasteiger partial charge in [0.25, 0.3) is 11.5 Å². The van der Waals surface area contributed by atoms with Crippen LogP contribution >= 0.6 is 0 Å². The van der Waals surface area contributed by atoms with E-state index >= 15 is 0 Å². The largest absolute Gasteiger partial charge is 0.507 e. The predicted octanol–water partition coefficient (Wildman–Crippen LogP) is 3.88. The van der Waals surface area contributed by atoms with Crippen molar-refractivity contribution in [3.8, 4) is 5.75 Å². The molecule has 138 valence electrons. The maximum Gasteiger partial charge on any atom is 0.261 e. The fraction of sp³-hybridized carbons (Fsp3) is 0.273. The molecule has 5 nitrogen and oxygen atoms in total. The van der Waals surface area contributed by atoms with E-state index in [0.29, 0.717) is 12.5 Å². The van der Waals surface area contributed by atoms with E-state index in [2.05, 4.69) is 0 Å². The summed E-state index contributed by atoms with van der Waals surface area (Å²) in [7, 11) is 1.70. The number of aromatic hydroxyl groups is 1. The number of aryl methyl sites for hydroxylation is 1. The standard InChI is InChI=1S/C22H22N2O3/c1-3-24-19-11-10-15(12-18(19)17(13-21(24)26)14-8-9-14)23(2)22(27)16-6-4-5-7-20(16)25/h4-7,10-14,25H,3,8-9H2,1-2H3. The Balaban J connectivity index is 1.82. The highest BCUT2D eigenvalue weighted by atomic mass is 16.3. The number of carbonyl (C=O) groups excluding carboxylic acids is 1. The number of anilines is 1. The number of phenolic OH excluding ortho intramolecular Hbond substituents is 1. The van der Waals surface area contributed by atoms with Crippen LogP contribution in [0.15, 0.2) is 53.3 Å². The maximum absolute atomic E-state index is 12.8. The Morgan fingerprint density at radius 1 is 1.19 bits per heavy atom. The van der Waals surface area contributed by atoms with Gasteiger partial charge in [0.2, 0.25) is 0 Å². The van der Waals surface area contributed by atoms with E-state index in [4.69, 9.17) is 0 Å². The molecule has 1 N–H and O–H groups in total. The zero-order chi connectivity index (χ0) is 19.1. The zero-order valence-electron chi connectivity index (χ0n) is 15.5. The van der Waals surface area contributed by atoms with E-state index in [1.165, 1.54) is 11.0 Å². The Hall–Kier alpha value is -3.08. The number of benzene rings is 2. The van der Waals surface area contributed by atoms with Crippen molar-refractivity contribution in [3.05, 3.63) is 70.0 Å². The molecule has 0 saturated heterocycles. The third-order valence-corrected chi connectivity index (χ3v) is 5.29. The summed E-state index contributed by atoms with van der Waals surface area (Å²) in [5.41, 5.74) is 3.00. The molecule has 4 rings (SSSR count). The van der Waals surface area contributed by atoms with Crippen LogP contribution < -0.4 is 10.5 Å². The Morgan fingerprint density at radius 2 is 1.93 bits per heavy atom. The van der Waals surface area contributed by atoms with Gasteiger partial charge in [-0.15, -0.1) is 0 Å². The first kappa shape index (κ1) is 17.3.